The minimum absolute atomic E-state index is 0.471. The van der Waals surface area contributed by atoms with Crippen LogP contribution in [0.3, 0.4) is 0 Å². The number of hydrogen-bond donors (Lipinski definition) is 4. The van der Waals surface area contributed by atoms with E-state index in [1.165, 1.54) is 0 Å². The van der Waals surface area contributed by atoms with Crippen molar-refractivity contribution >= 4 is 33.5 Å². The monoisotopic (exact) mass is 372 g/mol. The zero-order valence-electron chi connectivity index (χ0n) is 15.1. The molecule has 0 saturated heterocycles. The van der Waals surface area contributed by atoms with Gasteiger partial charge in [-0.05, 0) is 48.5 Å². The summed E-state index contributed by atoms with van der Waals surface area (Å²) in [6.07, 6.45) is 0. The lowest BCUT2D eigenvalue weighted by Gasteiger charge is -2.14. The van der Waals surface area contributed by atoms with Crippen LogP contribution >= 0.6 is 0 Å². The first-order chi connectivity index (χ1) is 13.5. The maximum atomic E-state index is 6.04. The van der Waals surface area contributed by atoms with Crippen molar-refractivity contribution in [3.05, 3.63) is 72.8 Å². The van der Waals surface area contributed by atoms with Crippen molar-refractivity contribution in [3.63, 3.8) is 0 Å². The summed E-state index contributed by atoms with van der Waals surface area (Å²) in [6, 6.07) is 21.8. The number of nitrogens with two attached hydrogens (primary N) is 4. The minimum Gasteiger partial charge on any atom is -0.455 e. The predicted molar refractivity (Wildman–Crippen MR) is 115 cm³/mol. The second kappa shape index (κ2) is 6.92. The molecule has 0 fully saturated rings. The van der Waals surface area contributed by atoms with E-state index in [1.54, 1.807) is 36.4 Å². The molecule has 8 N–H and O–H groups in total. The summed E-state index contributed by atoms with van der Waals surface area (Å²) in [4.78, 5) is 0. The van der Waals surface area contributed by atoms with Crippen LogP contribution < -0.4 is 32.4 Å². The van der Waals surface area contributed by atoms with Crippen molar-refractivity contribution in [3.8, 4) is 23.0 Å². The predicted octanol–water partition coefficient (Wildman–Crippen LogP) is 4.75. The van der Waals surface area contributed by atoms with Crippen molar-refractivity contribution in [2.45, 2.75) is 0 Å². The van der Waals surface area contributed by atoms with E-state index in [0.717, 1.165) is 10.8 Å². The largest absolute Gasteiger partial charge is 0.455 e. The van der Waals surface area contributed by atoms with Gasteiger partial charge in [0, 0.05) is 22.1 Å². The Morgan fingerprint density at radius 3 is 1.29 bits per heavy atom. The Labute approximate surface area is 162 Å². The van der Waals surface area contributed by atoms with Crippen molar-refractivity contribution in [2.24, 2.45) is 0 Å². The van der Waals surface area contributed by atoms with E-state index in [0.29, 0.717) is 45.7 Å². The molecule has 0 aliphatic heterocycles. The van der Waals surface area contributed by atoms with E-state index >= 15 is 0 Å². The Bertz CT molecular complexity index is 1080. The highest BCUT2D eigenvalue weighted by Crippen LogP contribution is 2.39. The number of rotatable bonds is 4. The highest BCUT2D eigenvalue weighted by atomic mass is 16.5. The van der Waals surface area contributed by atoms with Crippen molar-refractivity contribution < 1.29 is 9.47 Å². The van der Waals surface area contributed by atoms with Gasteiger partial charge in [-0.1, -0.05) is 24.3 Å². The first kappa shape index (κ1) is 17.4. The van der Waals surface area contributed by atoms with E-state index in [2.05, 4.69) is 0 Å². The van der Waals surface area contributed by atoms with Gasteiger partial charge in [0.25, 0.3) is 0 Å². The number of nitrogen functional groups attached to an aromatic ring is 4. The van der Waals surface area contributed by atoms with Crippen LogP contribution in [-0.4, -0.2) is 0 Å². The highest BCUT2D eigenvalue weighted by molar-refractivity contribution is 5.93. The summed E-state index contributed by atoms with van der Waals surface area (Å²) in [5.74, 6) is 2.39. The molecule has 6 heteroatoms. The van der Waals surface area contributed by atoms with Crippen LogP contribution in [0.5, 0.6) is 23.0 Å². The molecule has 0 atom stereocenters. The molecule has 0 aliphatic carbocycles. The third-order valence-electron chi connectivity index (χ3n) is 4.35. The first-order valence-electron chi connectivity index (χ1n) is 8.69. The molecule has 0 aliphatic rings. The number of fused-ring (bicyclic) bond motifs is 1. The summed E-state index contributed by atoms with van der Waals surface area (Å²) in [5.41, 5.74) is 25.7. The van der Waals surface area contributed by atoms with Gasteiger partial charge >= 0.3 is 0 Å². The van der Waals surface area contributed by atoms with E-state index in [-0.39, 0.29) is 0 Å². The van der Waals surface area contributed by atoms with Crippen molar-refractivity contribution in [1.29, 1.82) is 0 Å². The zero-order chi connectivity index (χ0) is 19.7. The molecule has 4 rings (SSSR count). The Morgan fingerprint density at radius 1 is 0.464 bits per heavy atom. The van der Waals surface area contributed by atoms with Crippen LogP contribution in [0.2, 0.25) is 0 Å². The Balaban J connectivity index is 1.74. The summed E-state index contributed by atoms with van der Waals surface area (Å²) in [6.45, 7) is 0. The lowest BCUT2D eigenvalue weighted by atomic mass is 10.1. The molecule has 0 bridgehead atoms. The molecule has 0 aromatic heterocycles. The molecule has 4 aromatic carbocycles. The molecule has 0 spiro atoms. The Morgan fingerprint density at radius 2 is 0.893 bits per heavy atom. The molecule has 0 radical (unpaired) electrons. The number of ether oxygens (including phenoxy) is 2. The Kier molecular flexibility index (Phi) is 4.29. The molecule has 0 unspecified atom stereocenters. The molecule has 0 saturated carbocycles. The highest BCUT2D eigenvalue weighted by Gasteiger charge is 2.11. The van der Waals surface area contributed by atoms with Gasteiger partial charge in [0.1, 0.15) is 23.0 Å². The van der Waals surface area contributed by atoms with Gasteiger partial charge in [0.05, 0.1) is 11.4 Å². The molecular weight excluding hydrogens is 352 g/mol. The molecular formula is C22H20N4O2. The third kappa shape index (κ3) is 3.31. The normalized spacial score (nSPS) is 10.7. The quantitative estimate of drug-likeness (QED) is 0.383. The summed E-state index contributed by atoms with van der Waals surface area (Å²) < 4.78 is 12.1. The third-order valence-corrected chi connectivity index (χ3v) is 4.35. The van der Waals surface area contributed by atoms with Gasteiger partial charge < -0.3 is 32.4 Å². The van der Waals surface area contributed by atoms with Gasteiger partial charge in [-0.3, -0.25) is 0 Å². The smallest absolute Gasteiger partial charge is 0.150 e. The molecule has 140 valence electrons. The number of benzene rings is 4. The van der Waals surface area contributed by atoms with Crippen LogP contribution in [0, 0.1) is 0 Å². The maximum absolute atomic E-state index is 6.04. The summed E-state index contributed by atoms with van der Waals surface area (Å²) in [5, 5.41) is 1.76. The zero-order valence-corrected chi connectivity index (χ0v) is 15.1. The fourth-order valence-electron chi connectivity index (χ4n) is 2.99. The number of anilines is 4. The molecule has 28 heavy (non-hydrogen) atoms. The average Bonchev–Trinajstić information content (AvgIpc) is 2.67. The van der Waals surface area contributed by atoms with Crippen LogP contribution in [0.25, 0.3) is 10.8 Å². The van der Waals surface area contributed by atoms with Gasteiger partial charge in [-0.15, -0.1) is 0 Å². The van der Waals surface area contributed by atoms with E-state index in [9.17, 15) is 0 Å². The fourth-order valence-corrected chi connectivity index (χ4v) is 2.99. The van der Waals surface area contributed by atoms with Crippen LogP contribution in [0.1, 0.15) is 0 Å². The van der Waals surface area contributed by atoms with Crippen molar-refractivity contribution in [2.75, 3.05) is 22.9 Å². The average molecular weight is 372 g/mol. The van der Waals surface area contributed by atoms with Gasteiger partial charge in [-0.2, -0.15) is 0 Å². The number of hydrogen-bond acceptors (Lipinski definition) is 6. The van der Waals surface area contributed by atoms with E-state index in [4.69, 9.17) is 32.4 Å². The molecule has 0 heterocycles. The van der Waals surface area contributed by atoms with E-state index in [1.807, 2.05) is 36.4 Å². The first-order valence-corrected chi connectivity index (χ1v) is 8.69. The fraction of sp³-hybridized carbons (Fsp3) is 0. The topological polar surface area (TPSA) is 123 Å². The van der Waals surface area contributed by atoms with Gasteiger partial charge in [0.15, 0.2) is 0 Å². The lowest BCUT2D eigenvalue weighted by molar-refractivity contribution is 0.485. The van der Waals surface area contributed by atoms with Gasteiger partial charge in [-0.25, -0.2) is 0 Å². The minimum atomic E-state index is 0.471. The molecule has 0 amide bonds. The lowest BCUT2D eigenvalue weighted by Crippen LogP contribution is -1.96. The second-order valence-electron chi connectivity index (χ2n) is 6.41. The van der Waals surface area contributed by atoms with Crippen LogP contribution in [0.15, 0.2) is 72.8 Å². The van der Waals surface area contributed by atoms with Crippen LogP contribution in [-0.2, 0) is 0 Å². The van der Waals surface area contributed by atoms with Crippen LogP contribution in [0.4, 0.5) is 22.7 Å². The summed E-state index contributed by atoms with van der Waals surface area (Å²) in [7, 11) is 0. The second-order valence-corrected chi connectivity index (χ2v) is 6.41. The summed E-state index contributed by atoms with van der Waals surface area (Å²) >= 11 is 0. The maximum Gasteiger partial charge on any atom is 0.150 e. The SMILES string of the molecule is Nc1ccc(Oc2cccc3c(Oc4ccc(N)cc4N)cccc23)c(N)c1. The molecule has 6 nitrogen and oxygen atoms in total. The van der Waals surface area contributed by atoms with Crippen molar-refractivity contribution in [1.82, 2.24) is 0 Å². The standard InChI is InChI=1S/C22H20N4O2/c23-13-7-9-21(17(25)11-13)27-19-5-1-3-15-16(19)4-2-6-20(15)28-22-10-8-14(24)12-18(22)26/h1-12H,23-26H2. The van der Waals surface area contributed by atoms with Gasteiger partial charge in [0.2, 0.25) is 0 Å². The molecule has 4 aromatic rings. The van der Waals surface area contributed by atoms with E-state index < -0.39 is 0 Å². The Hall–Kier alpha value is -4.06.